The minimum Gasteiger partial charge on any atom is -0.445 e. The van der Waals surface area contributed by atoms with Crippen LogP contribution in [-0.4, -0.2) is 63.9 Å². The Morgan fingerprint density at radius 3 is 2.00 bits per heavy atom. The molecule has 0 N–H and O–H groups in total. The van der Waals surface area contributed by atoms with E-state index in [9.17, 15) is 13.6 Å². The predicted octanol–water partition coefficient (Wildman–Crippen LogP) is 6.77. The highest BCUT2D eigenvalue weighted by atomic mass is 28.4. The molecule has 1 aliphatic heterocycles. The summed E-state index contributed by atoms with van der Waals surface area (Å²) in [5.41, 5.74) is 0.762. The third kappa shape index (κ3) is 8.53. The molecule has 3 aromatic carbocycles. The van der Waals surface area contributed by atoms with Crippen LogP contribution in [0.4, 0.5) is 13.6 Å². The molecule has 9 heteroatoms. The average Bonchev–Trinajstić information content (AvgIpc) is 3.02. The number of hydrogen-bond donors (Lipinski definition) is 0. The van der Waals surface area contributed by atoms with Crippen LogP contribution < -0.4 is 10.4 Å². The third-order valence-corrected chi connectivity index (χ3v) is 13.1. The zero-order valence-corrected chi connectivity index (χ0v) is 27.2. The Morgan fingerprint density at radius 2 is 1.50 bits per heavy atom. The van der Waals surface area contributed by atoms with Crippen LogP contribution in [0.2, 0.25) is 5.04 Å². The van der Waals surface area contributed by atoms with Gasteiger partial charge < -0.3 is 18.6 Å². The van der Waals surface area contributed by atoms with Gasteiger partial charge in [0.25, 0.3) is 14.7 Å². The first-order valence-electron chi connectivity index (χ1n) is 15.4. The molecule has 4 rings (SSSR count). The molecule has 0 aliphatic carbocycles. The Kier molecular flexibility index (Phi) is 12.1. The number of alkyl halides is 2. The standard InChI is InChI=1S/C35H45F2NO5Si/c1-27(43-33-22-14-15-23-40-33)31(38(24-32(36)37)34(39)41-25-28-16-8-5-9-17-28)26-42-44(35(2,3)4,29-18-10-6-11-19-29)30-20-12-7-13-21-30/h5-13,16-21,27,31-33H,14-15,22-26H2,1-4H3. The van der Waals surface area contributed by atoms with E-state index in [4.69, 9.17) is 18.6 Å². The summed E-state index contributed by atoms with van der Waals surface area (Å²) in [6.45, 7) is 7.92. The van der Waals surface area contributed by atoms with E-state index in [1.54, 1.807) is 6.92 Å². The summed E-state index contributed by atoms with van der Waals surface area (Å²) in [5, 5.41) is 1.75. The molecular formula is C35H45F2NO5Si. The van der Waals surface area contributed by atoms with E-state index in [1.807, 2.05) is 66.7 Å². The molecule has 3 aromatic rings. The Hall–Kier alpha value is -3.11. The van der Waals surface area contributed by atoms with Crippen LogP contribution in [0.25, 0.3) is 0 Å². The van der Waals surface area contributed by atoms with E-state index >= 15 is 0 Å². The summed E-state index contributed by atoms with van der Waals surface area (Å²) in [5.74, 6) is 0. The molecule has 1 amide bonds. The number of benzene rings is 3. The highest BCUT2D eigenvalue weighted by Gasteiger charge is 2.51. The average molecular weight is 626 g/mol. The van der Waals surface area contributed by atoms with Crippen molar-refractivity contribution in [3.05, 3.63) is 96.6 Å². The lowest BCUT2D eigenvalue weighted by molar-refractivity contribution is -0.198. The fraction of sp³-hybridized carbons (Fsp3) is 0.457. The van der Waals surface area contributed by atoms with Crippen molar-refractivity contribution in [2.75, 3.05) is 19.8 Å². The van der Waals surface area contributed by atoms with Crippen molar-refractivity contribution in [2.24, 2.45) is 0 Å². The quantitative estimate of drug-likeness (QED) is 0.196. The molecule has 44 heavy (non-hydrogen) atoms. The van der Waals surface area contributed by atoms with Crippen molar-refractivity contribution in [1.82, 2.24) is 4.90 Å². The van der Waals surface area contributed by atoms with Gasteiger partial charge in [-0.05, 0) is 47.2 Å². The second kappa shape index (κ2) is 15.7. The van der Waals surface area contributed by atoms with E-state index in [-0.39, 0.29) is 18.3 Å². The normalized spacial score (nSPS) is 17.2. The molecule has 1 fully saturated rings. The number of amides is 1. The van der Waals surface area contributed by atoms with Gasteiger partial charge in [-0.2, -0.15) is 0 Å². The monoisotopic (exact) mass is 625 g/mol. The summed E-state index contributed by atoms with van der Waals surface area (Å²) in [6.07, 6.45) is -2.21. The van der Waals surface area contributed by atoms with Crippen molar-refractivity contribution in [2.45, 2.75) is 83.5 Å². The number of ether oxygens (including phenoxy) is 3. The van der Waals surface area contributed by atoms with Crippen molar-refractivity contribution < 1.29 is 32.2 Å². The second-order valence-corrected chi connectivity index (χ2v) is 16.6. The molecule has 3 atom stereocenters. The molecule has 0 saturated carbocycles. The van der Waals surface area contributed by atoms with Crippen molar-refractivity contribution in [3.8, 4) is 0 Å². The fourth-order valence-corrected chi connectivity index (χ4v) is 10.5. The summed E-state index contributed by atoms with van der Waals surface area (Å²) >= 11 is 0. The number of nitrogens with zero attached hydrogens (tertiary/aromatic N) is 1. The molecular weight excluding hydrogens is 580 g/mol. The van der Waals surface area contributed by atoms with Gasteiger partial charge in [-0.25, -0.2) is 13.6 Å². The maximum absolute atomic E-state index is 14.1. The maximum atomic E-state index is 14.1. The fourth-order valence-electron chi connectivity index (χ4n) is 5.90. The van der Waals surface area contributed by atoms with E-state index < -0.39 is 45.8 Å². The molecule has 0 aromatic heterocycles. The van der Waals surface area contributed by atoms with Crippen LogP contribution in [-0.2, 0) is 25.2 Å². The predicted molar refractivity (Wildman–Crippen MR) is 171 cm³/mol. The van der Waals surface area contributed by atoms with E-state index in [0.29, 0.717) is 13.0 Å². The second-order valence-electron chi connectivity index (χ2n) is 12.3. The summed E-state index contributed by atoms with van der Waals surface area (Å²) in [6, 6.07) is 28.5. The topological polar surface area (TPSA) is 57.2 Å². The summed E-state index contributed by atoms with van der Waals surface area (Å²) < 4.78 is 53.2. The zero-order valence-electron chi connectivity index (χ0n) is 26.2. The van der Waals surface area contributed by atoms with Gasteiger partial charge >= 0.3 is 6.09 Å². The number of carbonyl (C=O) groups is 1. The van der Waals surface area contributed by atoms with Crippen molar-refractivity contribution in [3.63, 3.8) is 0 Å². The largest absolute Gasteiger partial charge is 0.445 e. The van der Waals surface area contributed by atoms with Crippen LogP contribution in [0.15, 0.2) is 91.0 Å². The lowest BCUT2D eigenvalue weighted by Crippen LogP contribution is -2.68. The molecule has 238 valence electrons. The lowest BCUT2D eigenvalue weighted by atomic mass is 10.1. The molecule has 0 radical (unpaired) electrons. The summed E-state index contributed by atoms with van der Waals surface area (Å²) in [4.78, 5) is 14.7. The smallest absolute Gasteiger partial charge is 0.410 e. The Labute approximate surface area is 261 Å². The van der Waals surface area contributed by atoms with Crippen LogP contribution in [0.3, 0.4) is 0 Å². The van der Waals surface area contributed by atoms with Crippen LogP contribution in [0.5, 0.6) is 0 Å². The molecule has 1 heterocycles. The highest BCUT2D eigenvalue weighted by molar-refractivity contribution is 6.99. The van der Waals surface area contributed by atoms with Crippen molar-refractivity contribution >= 4 is 24.8 Å². The minimum atomic E-state index is -3.06. The molecule has 0 bridgehead atoms. The summed E-state index contributed by atoms with van der Waals surface area (Å²) in [7, 11) is -3.06. The SMILES string of the molecule is CC(OC1CCCCO1)C(CO[Si](c1ccccc1)(c1ccccc1)C(C)(C)C)N(CC(F)F)C(=O)OCc1ccccc1. The van der Waals surface area contributed by atoms with Gasteiger partial charge in [0, 0.05) is 6.61 Å². The van der Waals surface area contributed by atoms with Crippen LogP contribution >= 0.6 is 0 Å². The van der Waals surface area contributed by atoms with Gasteiger partial charge in [0.2, 0.25) is 0 Å². The maximum Gasteiger partial charge on any atom is 0.410 e. The first kappa shape index (κ1) is 33.8. The van der Waals surface area contributed by atoms with E-state index in [1.165, 1.54) is 0 Å². The highest BCUT2D eigenvalue weighted by Crippen LogP contribution is 2.37. The van der Waals surface area contributed by atoms with Gasteiger partial charge in [0.1, 0.15) is 6.61 Å². The van der Waals surface area contributed by atoms with Crippen molar-refractivity contribution in [1.29, 1.82) is 0 Å². The molecule has 1 aliphatic rings. The minimum absolute atomic E-state index is 0.0334. The van der Waals surface area contributed by atoms with Crippen LogP contribution in [0.1, 0.15) is 52.5 Å². The Morgan fingerprint density at radius 1 is 0.932 bits per heavy atom. The van der Waals surface area contributed by atoms with Gasteiger partial charge in [-0.3, -0.25) is 4.90 Å². The van der Waals surface area contributed by atoms with Gasteiger partial charge in [-0.15, -0.1) is 0 Å². The van der Waals surface area contributed by atoms with Gasteiger partial charge in [-0.1, -0.05) is 112 Å². The van der Waals surface area contributed by atoms with E-state index in [0.717, 1.165) is 33.7 Å². The molecule has 1 saturated heterocycles. The molecule has 3 unspecified atom stereocenters. The van der Waals surface area contributed by atoms with Gasteiger partial charge in [0.05, 0.1) is 25.3 Å². The molecule has 6 nitrogen and oxygen atoms in total. The molecule has 0 spiro atoms. The first-order chi connectivity index (χ1) is 21.1. The number of carbonyl (C=O) groups excluding carboxylic acids is 1. The zero-order chi connectivity index (χ0) is 31.6. The number of rotatable bonds is 13. The van der Waals surface area contributed by atoms with Crippen LogP contribution in [0, 0.1) is 0 Å². The first-order valence-corrected chi connectivity index (χ1v) is 17.3. The third-order valence-electron chi connectivity index (χ3n) is 8.11. The number of halogens is 2. The Bertz CT molecular complexity index is 1230. The lowest BCUT2D eigenvalue weighted by Gasteiger charge is -2.45. The van der Waals surface area contributed by atoms with E-state index in [2.05, 4.69) is 45.0 Å². The Balaban J connectivity index is 1.71. The number of hydrogen-bond acceptors (Lipinski definition) is 5. The van der Waals surface area contributed by atoms with Gasteiger partial charge in [0.15, 0.2) is 6.29 Å².